The van der Waals surface area contributed by atoms with Gasteiger partial charge in [-0.15, -0.1) is 0 Å². The number of amides is 1. The van der Waals surface area contributed by atoms with Gasteiger partial charge >= 0.3 is 6.18 Å². The standard InChI is InChI=1S/C29H28F3N3O3/c1-3-22(19-7-5-4-6-8-19)28(36)35-15-13-34(14-16-35)27-23-18-21(37-2)10-12-25(23)38-26-11-9-20(29(30,31)32)17-24(26)33-27/h4-12,17-18,22H,3,13-16H2,1-2H3/t22-/m0/s1. The van der Waals surface area contributed by atoms with E-state index in [9.17, 15) is 18.0 Å². The first-order valence-corrected chi connectivity index (χ1v) is 12.5. The Balaban J connectivity index is 1.45. The van der Waals surface area contributed by atoms with Crippen LogP contribution in [0, 0.1) is 0 Å². The molecule has 3 aromatic carbocycles. The lowest BCUT2D eigenvalue weighted by atomic mass is 9.94. The second-order valence-corrected chi connectivity index (χ2v) is 9.26. The van der Waals surface area contributed by atoms with Crippen molar-refractivity contribution >= 4 is 17.4 Å². The molecule has 38 heavy (non-hydrogen) atoms. The third-order valence-electron chi connectivity index (χ3n) is 6.96. The highest BCUT2D eigenvalue weighted by Gasteiger charge is 2.34. The summed E-state index contributed by atoms with van der Waals surface area (Å²) in [5, 5.41) is 0. The topological polar surface area (TPSA) is 54.4 Å². The number of aliphatic imine (C=N–C) groups is 1. The minimum Gasteiger partial charge on any atom is -0.497 e. The summed E-state index contributed by atoms with van der Waals surface area (Å²) in [6.45, 7) is 3.89. The summed E-state index contributed by atoms with van der Waals surface area (Å²) in [6.07, 6.45) is -3.81. The van der Waals surface area contributed by atoms with E-state index < -0.39 is 11.7 Å². The molecule has 1 fully saturated rings. The van der Waals surface area contributed by atoms with Crippen molar-refractivity contribution in [3.05, 3.63) is 83.4 Å². The smallest absolute Gasteiger partial charge is 0.416 e. The maximum absolute atomic E-state index is 13.5. The van der Waals surface area contributed by atoms with Crippen LogP contribution >= 0.6 is 0 Å². The predicted octanol–water partition coefficient (Wildman–Crippen LogP) is 6.24. The van der Waals surface area contributed by atoms with Crippen molar-refractivity contribution in [1.82, 2.24) is 9.80 Å². The molecule has 9 heteroatoms. The van der Waals surface area contributed by atoms with Crippen LogP contribution in [0.5, 0.6) is 17.2 Å². The van der Waals surface area contributed by atoms with Crippen molar-refractivity contribution in [1.29, 1.82) is 0 Å². The van der Waals surface area contributed by atoms with E-state index in [0.29, 0.717) is 55.5 Å². The summed E-state index contributed by atoms with van der Waals surface area (Å²) < 4.78 is 51.8. The van der Waals surface area contributed by atoms with E-state index in [0.717, 1.165) is 17.7 Å². The van der Waals surface area contributed by atoms with Crippen molar-refractivity contribution < 1.29 is 27.4 Å². The lowest BCUT2D eigenvalue weighted by Crippen LogP contribution is -2.51. The first-order chi connectivity index (χ1) is 18.3. The Hall–Kier alpha value is -4.01. The van der Waals surface area contributed by atoms with Gasteiger partial charge in [-0.1, -0.05) is 37.3 Å². The molecule has 1 amide bonds. The number of fused-ring (bicyclic) bond motifs is 2. The molecular formula is C29H28F3N3O3. The Morgan fingerprint density at radius 1 is 1.00 bits per heavy atom. The number of rotatable bonds is 4. The first-order valence-electron chi connectivity index (χ1n) is 12.5. The van der Waals surface area contributed by atoms with Gasteiger partial charge in [-0.25, -0.2) is 4.99 Å². The summed E-state index contributed by atoms with van der Waals surface area (Å²) in [7, 11) is 1.54. The molecule has 0 bridgehead atoms. The molecule has 0 unspecified atom stereocenters. The minimum atomic E-state index is -4.51. The summed E-state index contributed by atoms with van der Waals surface area (Å²) >= 11 is 0. The Labute approximate surface area is 219 Å². The summed E-state index contributed by atoms with van der Waals surface area (Å²) in [5.41, 5.74) is 0.905. The second-order valence-electron chi connectivity index (χ2n) is 9.26. The highest BCUT2D eigenvalue weighted by Crippen LogP contribution is 2.42. The number of carbonyl (C=O) groups is 1. The van der Waals surface area contributed by atoms with Crippen LogP contribution in [0.4, 0.5) is 18.9 Å². The summed E-state index contributed by atoms with van der Waals surface area (Å²) in [5.74, 6) is 1.62. The van der Waals surface area contributed by atoms with Crippen LogP contribution in [0.2, 0.25) is 0 Å². The van der Waals surface area contributed by atoms with Crippen LogP contribution in [0.15, 0.2) is 71.7 Å². The van der Waals surface area contributed by atoms with Gasteiger partial charge in [0.2, 0.25) is 5.91 Å². The van der Waals surface area contributed by atoms with Crippen LogP contribution < -0.4 is 9.47 Å². The van der Waals surface area contributed by atoms with Gasteiger partial charge in [0.05, 0.1) is 24.2 Å². The van der Waals surface area contributed by atoms with Gasteiger partial charge in [0.15, 0.2) is 5.75 Å². The Morgan fingerprint density at radius 2 is 1.71 bits per heavy atom. The number of methoxy groups -OCH3 is 1. The van der Waals surface area contributed by atoms with Gasteiger partial charge in [-0.3, -0.25) is 4.79 Å². The molecule has 2 heterocycles. The highest BCUT2D eigenvalue weighted by atomic mass is 19.4. The van der Waals surface area contributed by atoms with Crippen molar-refractivity contribution in [2.24, 2.45) is 4.99 Å². The predicted molar refractivity (Wildman–Crippen MR) is 138 cm³/mol. The average Bonchev–Trinajstić information content (AvgIpc) is 3.09. The molecular weight excluding hydrogens is 495 g/mol. The molecule has 2 aliphatic rings. The maximum atomic E-state index is 13.5. The van der Waals surface area contributed by atoms with Crippen molar-refractivity contribution in [3.63, 3.8) is 0 Å². The van der Waals surface area contributed by atoms with E-state index in [1.54, 1.807) is 25.3 Å². The molecule has 1 atom stereocenters. The van der Waals surface area contributed by atoms with E-state index in [1.807, 2.05) is 47.1 Å². The molecule has 6 nitrogen and oxygen atoms in total. The van der Waals surface area contributed by atoms with Gasteiger partial charge in [0, 0.05) is 26.2 Å². The zero-order valence-electron chi connectivity index (χ0n) is 21.2. The molecule has 0 aromatic heterocycles. The lowest BCUT2D eigenvalue weighted by molar-refractivity contribution is -0.137. The number of halogens is 3. The zero-order valence-corrected chi connectivity index (χ0v) is 21.2. The number of alkyl halides is 3. The fourth-order valence-corrected chi connectivity index (χ4v) is 4.90. The number of carbonyl (C=O) groups excluding carboxylic acids is 1. The van der Waals surface area contributed by atoms with Gasteiger partial charge in [-0.05, 0) is 48.4 Å². The normalized spacial score (nSPS) is 16.0. The Morgan fingerprint density at radius 3 is 2.37 bits per heavy atom. The fraction of sp³-hybridized carbons (Fsp3) is 0.310. The molecule has 0 radical (unpaired) electrons. The van der Waals surface area contributed by atoms with Crippen molar-refractivity contribution in [3.8, 4) is 17.2 Å². The average molecular weight is 524 g/mol. The zero-order chi connectivity index (χ0) is 26.9. The molecule has 198 valence electrons. The van der Waals surface area contributed by atoms with E-state index in [2.05, 4.69) is 4.99 Å². The van der Waals surface area contributed by atoms with E-state index in [1.165, 1.54) is 6.07 Å². The third kappa shape index (κ3) is 5.05. The van der Waals surface area contributed by atoms with Crippen LogP contribution in [0.25, 0.3) is 0 Å². The van der Waals surface area contributed by atoms with Gasteiger partial charge < -0.3 is 19.3 Å². The number of hydrogen-bond donors (Lipinski definition) is 0. The van der Waals surface area contributed by atoms with Crippen LogP contribution in [0.1, 0.15) is 36.0 Å². The van der Waals surface area contributed by atoms with Crippen molar-refractivity contribution in [2.75, 3.05) is 33.3 Å². The number of amidine groups is 1. The summed E-state index contributed by atoms with van der Waals surface area (Å²) in [6, 6.07) is 18.3. The fourth-order valence-electron chi connectivity index (χ4n) is 4.90. The Kier molecular flexibility index (Phi) is 7.01. The molecule has 1 saturated heterocycles. The van der Waals surface area contributed by atoms with Crippen LogP contribution in [0.3, 0.4) is 0 Å². The van der Waals surface area contributed by atoms with E-state index >= 15 is 0 Å². The molecule has 0 spiro atoms. The minimum absolute atomic E-state index is 0.0757. The largest absolute Gasteiger partial charge is 0.497 e. The number of hydrogen-bond acceptors (Lipinski definition) is 5. The second kappa shape index (κ2) is 10.4. The monoisotopic (exact) mass is 523 g/mol. The van der Waals surface area contributed by atoms with Crippen LogP contribution in [-0.2, 0) is 11.0 Å². The van der Waals surface area contributed by atoms with E-state index in [4.69, 9.17) is 9.47 Å². The molecule has 0 saturated carbocycles. The Bertz CT molecular complexity index is 1350. The SMILES string of the molecule is CC[C@H](C(=O)N1CCN(C2=Nc3cc(C(F)(F)F)ccc3Oc3ccc(OC)cc32)CC1)c1ccccc1. The van der Waals surface area contributed by atoms with Gasteiger partial charge in [0.25, 0.3) is 0 Å². The molecule has 2 aliphatic heterocycles. The van der Waals surface area contributed by atoms with Crippen LogP contribution in [-0.4, -0.2) is 54.8 Å². The third-order valence-corrected chi connectivity index (χ3v) is 6.96. The molecule has 0 N–H and O–H groups in total. The summed E-state index contributed by atoms with van der Waals surface area (Å²) in [4.78, 5) is 21.9. The number of piperazine rings is 1. The lowest BCUT2D eigenvalue weighted by Gasteiger charge is -2.38. The first kappa shape index (κ1) is 25.6. The maximum Gasteiger partial charge on any atom is 0.416 e. The van der Waals surface area contributed by atoms with Gasteiger partial charge in [0.1, 0.15) is 23.0 Å². The van der Waals surface area contributed by atoms with E-state index in [-0.39, 0.29) is 23.3 Å². The number of nitrogens with zero attached hydrogens (tertiary/aromatic N) is 3. The molecule has 0 aliphatic carbocycles. The number of ether oxygens (including phenoxy) is 2. The quantitative estimate of drug-likeness (QED) is 0.407. The van der Waals surface area contributed by atoms with Gasteiger partial charge in [-0.2, -0.15) is 13.2 Å². The molecule has 3 aromatic rings. The highest BCUT2D eigenvalue weighted by molar-refractivity contribution is 6.04. The molecule has 5 rings (SSSR count). The van der Waals surface area contributed by atoms with Crippen molar-refractivity contribution in [2.45, 2.75) is 25.4 Å². The number of benzene rings is 3.